The van der Waals surface area contributed by atoms with Crippen LogP contribution < -0.4 is 15.0 Å². The SMILES string of the molecule is C=C1CN2CCCC2(COc2nc(N3CC4C(=O)NC(=O)C4C3)c3cnc(-c4cc(O)cc5ccc(F)c(CC)c45)c(F)c3n2)C1. The third-order valence-corrected chi connectivity index (χ3v) is 10.1. The summed E-state index contributed by atoms with van der Waals surface area (Å²) in [6.07, 6.45) is 4.55. The van der Waals surface area contributed by atoms with E-state index in [0.717, 1.165) is 37.9 Å². The molecule has 6 heterocycles. The number of carbonyl (C=O) groups excluding carboxylic acids is 2. The number of pyridine rings is 1. The molecule has 0 aliphatic carbocycles. The number of imide groups is 1. The molecule has 3 unspecified atom stereocenters. The molecule has 2 aromatic heterocycles. The smallest absolute Gasteiger partial charge is 0.319 e. The van der Waals surface area contributed by atoms with Gasteiger partial charge in [0.1, 0.15) is 35.2 Å². The lowest BCUT2D eigenvalue weighted by molar-refractivity contribution is -0.126. The fraction of sp³-hybridized carbons (Fsp3) is 0.382. The zero-order valence-electron chi connectivity index (χ0n) is 25.3. The molecule has 8 rings (SSSR count). The molecule has 0 radical (unpaired) electrons. The number of aromatic hydroxyl groups is 1. The Bertz CT molecular complexity index is 1980. The summed E-state index contributed by atoms with van der Waals surface area (Å²) in [6.45, 7) is 8.46. The lowest BCUT2D eigenvalue weighted by atomic mass is 9.94. The highest BCUT2D eigenvalue weighted by molar-refractivity contribution is 6.07. The number of rotatable bonds is 6. The van der Waals surface area contributed by atoms with Gasteiger partial charge in [-0.15, -0.1) is 0 Å². The fourth-order valence-corrected chi connectivity index (χ4v) is 8.01. The second kappa shape index (κ2) is 10.4. The monoisotopic (exact) mass is 626 g/mol. The van der Waals surface area contributed by atoms with E-state index >= 15 is 4.39 Å². The molecule has 0 bridgehead atoms. The van der Waals surface area contributed by atoms with Crippen LogP contribution in [0.5, 0.6) is 11.8 Å². The van der Waals surface area contributed by atoms with Gasteiger partial charge in [-0.05, 0) is 66.8 Å². The molecule has 4 saturated heterocycles. The van der Waals surface area contributed by atoms with E-state index in [1.165, 1.54) is 24.4 Å². The minimum Gasteiger partial charge on any atom is -0.508 e. The highest BCUT2D eigenvalue weighted by Gasteiger charge is 2.49. The summed E-state index contributed by atoms with van der Waals surface area (Å²) in [4.78, 5) is 42.8. The Labute approximate surface area is 263 Å². The van der Waals surface area contributed by atoms with Crippen molar-refractivity contribution in [3.8, 4) is 23.0 Å². The molecule has 2 amide bonds. The van der Waals surface area contributed by atoms with E-state index in [1.54, 1.807) is 11.0 Å². The molecule has 4 aliphatic rings. The molecule has 4 fully saturated rings. The third-order valence-electron chi connectivity index (χ3n) is 10.1. The van der Waals surface area contributed by atoms with Crippen molar-refractivity contribution in [1.29, 1.82) is 0 Å². The summed E-state index contributed by atoms with van der Waals surface area (Å²) < 4.78 is 38.0. The average Bonchev–Trinajstić information content (AvgIpc) is 3.77. The van der Waals surface area contributed by atoms with Gasteiger partial charge in [0.15, 0.2) is 5.82 Å². The summed E-state index contributed by atoms with van der Waals surface area (Å²) in [5.74, 6) is -2.79. The van der Waals surface area contributed by atoms with Crippen molar-refractivity contribution in [2.45, 2.75) is 38.1 Å². The number of hydrogen-bond donors (Lipinski definition) is 2. The van der Waals surface area contributed by atoms with Crippen molar-refractivity contribution in [2.24, 2.45) is 11.8 Å². The Kier molecular flexibility index (Phi) is 6.51. The Morgan fingerprint density at radius 2 is 1.93 bits per heavy atom. The van der Waals surface area contributed by atoms with Gasteiger partial charge in [0, 0.05) is 31.4 Å². The first kappa shape index (κ1) is 28.7. The minimum absolute atomic E-state index is 0.0359. The number of benzene rings is 2. The Morgan fingerprint density at radius 1 is 1.15 bits per heavy atom. The van der Waals surface area contributed by atoms with Crippen LogP contribution in [0.25, 0.3) is 32.9 Å². The molecule has 0 spiro atoms. The highest BCUT2D eigenvalue weighted by atomic mass is 19.1. The van der Waals surface area contributed by atoms with Crippen LogP contribution in [0.4, 0.5) is 14.6 Å². The molecular weight excluding hydrogens is 594 g/mol. The summed E-state index contributed by atoms with van der Waals surface area (Å²) in [5.41, 5.74) is 1.35. The van der Waals surface area contributed by atoms with Crippen LogP contribution in [0.15, 0.2) is 42.6 Å². The van der Waals surface area contributed by atoms with Crippen molar-refractivity contribution in [2.75, 3.05) is 37.7 Å². The van der Waals surface area contributed by atoms with E-state index in [2.05, 4.69) is 26.8 Å². The number of carbonyl (C=O) groups is 2. The number of anilines is 1. The predicted molar refractivity (Wildman–Crippen MR) is 166 cm³/mol. The number of hydrogen-bond acceptors (Lipinski definition) is 9. The Balaban J connectivity index is 1.27. The summed E-state index contributed by atoms with van der Waals surface area (Å²) in [5, 5.41) is 14.2. The van der Waals surface area contributed by atoms with Crippen LogP contribution in [0, 0.1) is 23.5 Å². The molecule has 3 atom stereocenters. The van der Waals surface area contributed by atoms with Crippen LogP contribution in [0.2, 0.25) is 0 Å². The lowest BCUT2D eigenvalue weighted by Crippen LogP contribution is -2.43. The maximum absolute atomic E-state index is 16.8. The van der Waals surface area contributed by atoms with Gasteiger partial charge in [0.05, 0.1) is 22.8 Å². The molecule has 236 valence electrons. The average molecular weight is 627 g/mol. The van der Waals surface area contributed by atoms with E-state index in [9.17, 15) is 19.1 Å². The number of fused-ring (bicyclic) bond motifs is 4. The van der Waals surface area contributed by atoms with Crippen molar-refractivity contribution >= 4 is 39.3 Å². The first-order valence-electron chi connectivity index (χ1n) is 15.6. The number of phenols is 1. The first-order valence-corrected chi connectivity index (χ1v) is 15.6. The van der Waals surface area contributed by atoms with Crippen molar-refractivity contribution in [3.05, 3.63) is 59.8 Å². The van der Waals surface area contributed by atoms with E-state index in [1.807, 2.05) is 6.92 Å². The summed E-state index contributed by atoms with van der Waals surface area (Å²) in [6, 6.07) is 5.73. The van der Waals surface area contributed by atoms with Crippen LogP contribution in [-0.4, -0.2) is 75.1 Å². The van der Waals surface area contributed by atoms with Gasteiger partial charge < -0.3 is 14.7 Å². The first-order chi connectivity index (χ1) is 22.2. The molecule has 2 aromatic carbocycles. The molecule has 4 aromatic rings. The van der Waals surface area contributed by atoms with E-state index in [-0.39, 0.29) is 64.4 Å². The van der Waals surface area contributed by atoms with Gasteiger partial charge in [-0.3, -0.25) is 24.8 Å². The minimum atomic E-state index is -0.785. The molecule has 12 heteroatoms. The predicted octanol–water partition coefficient (Wildman–Crippen LogP) is 4.27. The van der Waals surface area contributed by atoms with Gasteiger partial charge >= 0.3 is 6.01 Å². The van der Waals surface area contributed by atoms with E-state index < -0.39 is 23.5 Å². The quantitative estimate of drug-likeness (QED) is 0.239. The second-order valence-corrected chi connectivity index (χ2v) is 12.9. The topological polar surface area (TPSA) is 121 Å². The van der Waals surface area contributed by atoms with Crippen molar-refractivity contribution in [3.63, 3.8) is 0 Å². The number of nitrogens with one attached hydrogen (secondary N) is 1. The number of amides is 2. The van der Waals surface area contributed by atoms with Crippen LogP contribution in [0.3, 0.4) is 0 Å². The molecule has 2 N–H and O–H groups in total. The van der Waals surface area contributed by atoms with Crippen LogP contribution in [0.1, 0.15) is 31.7 Å². The Hall–Kier alpha value is -4.71. The van der Waals surface area contributed by atoms with Crippen LogP contribution >= 0.6 is 0 Å². The Morgan fingerprint density at radius 3 is 2.70 bits per heavy atom. The third kappa shape index (κ3) is 4.33. The van der Waals surface area contributed by atoms with Crippen LogP contribution in [-0.2, 0) is 16.0 Å². The highest BCUT2D eigenvalue weighted by Crippen LogP contribution is 2.43. The lowest BCUT2D eigenvalue weighted by Gasteiger charge is -2.31. The number of phenolic OH excluding ortho intramolecular Hbond substituents is 1. The van der Waals surface area contributed by atoms with Gasteiger partial charge in [-0.1, -0.05) is 25.1 Å². The van der Waals surface area contributed by atoms with Crippen molar-refractivity contribution < 1.29 is 28.2 Å². The molecule has 4 aliphatic heterocycles. The second-order valence-electron chi connectivity index (χ2n) is 12.9. The van der Waals surface area contributed by atoms with E-state index in [4.69, 9.17) is 9.72 Å². The maximum atomic E-state index is 16.8. The number of aromatic nitrogens is 3. The maximum Gasteiger partial charge on any atom is 0.319 e. The fourth-order valence-electron chi connectivity index (χ4n) is 8.01. The van der Waals surface area contributed by atoms with E-state index in [0.29, 0.717) is 35.2 Å². The summed E-state index contributed by atoms with van der Waals surface area (Å²) >= 11 is 0. The standard InChI is InChI=1S/C34H32F2N6O4/c1-3-20-25(35)6-5-18-9-19(43)10-21(26(18)20)28-27(36)29-22(12-37-28)30(41-14-23-24(15-41)32(45)40-31(23)44)39-33(38-29)46-16-34-7-4-8-42(34)13-17(2)11-34/h5-6,9-10,12,23-24,43H,2-4,7-8,11,13-16H2,1H3,(H,40,44,45). The number of halogens is 2. The van der Waals surface area contributed by atoms with Gasteiger partial charge in [-0.25, -0.2) is 8.78 Å². The van der Waals surface area contributed by atoms with Gasteiger partial charge in [0.2, 0.25) is 11.8 Å². The van der Waals surface area contributed by atoms with Gasteiger partial charge in [0.25, 0.3) is 0 Å². The number of ether oxygens (including phenoxy) is 1. The molecule has 0 saturated carbocycles. The zero-order chi connectivity index (χ0) is 31.9. The van der Waals surface area contributed by atoms with Gasteiger partial charge in [-0.2, -0.15) is 9.97 Å². The number of aryl methyl sites for hydroxylation is 1. The normalized spacial score (nSPS) is 24.3. The molecular formula is C34H32F2N6O4. The van der Waals surface area contributed by atoms with Crippen molar-refractivity contribution in [1.82, 2.24) is 25.2 Å². The molecule has 46 heavy (non-hydrogen) atoms. The number of nitrogens with zero attached hydrogens (tertiary/aromatic N) is 5. The summed E-state index contributed by atoms with van der Waals surface area (Å²) in [7, 11) is 0. The largest absolute Gasteiger partial charge is 0.508 e. The molecule has 10 nitrogen and oxygen atoms in total. The zero-order valence-corrected chi connectivity index (χ0v) is 25.3.